The Bertz CT molecular complexity index is 546. The Morgan fingerprint density at radius 3 is 2.12 bits per heavy atom. The largest absolute Gasteiger partial charge is 0.481 e. The minimum atomic E-state index is -2.04. The molecule has 0 unspecified atom stereocenters. The zero-order chi connectivity index (χ0) is 18.3. The summed E-state index contributed by atoms with van der Waals surface area (Å²) in [5, 5.41) is 49.3. The number of nitrogens with two attached hydrogens (primary N) is 1. The Balaban J connectivity index is 0.00000576. The van der Waals surface area contributed by atoms with Crippen LogP contribution >= 0.6 is 12.4 Å². The molecular weight excluding hydrogens is 356 g/mol. The third-order valence-electron chi connectivity index (χ3n) is 3.49. The van der Waals surface area contributed by atoms with Crippen molar-refractivity contribution in [2.75, 3.05) is 6.61 Å². The number of carbonyl (C=O) groups is 2. The zero-order valence-corrected chi connectivity index (χ0v) is 14.0. The molecule has 0 saturated heterocycles. The molecule has 0 aromatic heterocycles. The molecule has 1 rings (SSSR count). The van der Waals surface area contributed by atoms with Crippen LogP contribution in [0.1, 0.15) is 18.0 Å². The number of carboxylic acid groups (broad SMARTS) is 1. The highest BCUT2D eigenvalue weighted by atomic mass is 35.5. The summed E-state index contributed by atoms with van der Waals surface area (Å²) >= 11 is 0. The van der Waals surface area contributed by atoms with Crippen LogP contribution in [0.15, 0.2) is 30.3 Å². The summed E-state index contributed by atoms with van der Waals surface area (Å²) in [6.07, 6.45) is -6.14. The molecule has 1 aromatic rings. The van der Waals surface area contributed by atoms with Crippen molar-refractivity contribution in [3.8, 4) is 0 Å². The van der Waals surface area contributed by atoms with Crippen LogP contribution in [0.25, 0.3) is 0 Å². The highest BCUT2D eigenvalue weighted by molar-refractivity contribution is 5.85. The van der Waals surface area contributed by atoms with Crippen molar-refractivity contribution in [3.63, 3.8) is 0 Å². The van der Waals surface area contributed by atoms with Crippen molar-refractivity contribution in [2.45, 2.75) is 36.8 Å². The number of aliphatic hydroxyl groups excluding tert-OH is 4. The molecule has 0 aliphatic heterocycles. The molecular formula is C15H23ClN2O7. The van der Waals surface area contributed by atoms with Crippen molar-refractivity contribution in [1.29, 1.82) is 0 Å². The zero-order valence-electron chi connectivity index (χ0n) is 13.2. The third-order valence-corrected chi connectivity index (χ3v) is 3.49. The van der Waals surface area contributed by atoms with Crippen LogP contribution in [0.2, 0.25) is 0 Å². The smallest absolute Gasteiger partial charge is 0.305 e. The molecule has 142 valence electrons. The first-order valence-electron chi connectivity index (χ1n) is 7.25. The molecule has 8 N–H and O–H groups in total. The van der Waals surface area contributed by atoms with Crippen LogP contribution in [0.3, 0.4) is 0 Å². The average Bonchev–Trinajstić information content (AvgIpc) is 2.58. The second kappa shape index (κ2) is 11.0. The standard InChI is InChI=1S/C15H22N2O7.ClH/c16-9(7-18)12(21)13(22)14(23)15(24)17-10(6-11(19)20)8-4-2-1-3-5-8;/h1-5,9-10,12-14,18,21-23H,6-7,16H2,(H,17,24)(H,19,20);1H/t9-,10-,12+,13+,14-;/m0./s1. The van der Waals surface area contributed by atoms with E-state index in [4.69, 9.17) is 15.9 Å². The van der Waals surface area contributed by atoms with Gasteiger partial charge < -0.3 is 36.6 Å². The van der Waals surface area contributed by atoms with Gasteiger partial charge in [-0.1, -0.05) is 30.3 Å². The summed E-state index contributed by atoms with van der Waals surface area (Å²) in [5.74, 6) is -2.23. The molecule has 0 radical (unpaired) electrons. The summed E-state index contributed by atoms with van der Waals surface area (Å²) in [7, 11) is 0. The lowest BCUT2D eigenvalue weighted by molar-refractivity contribution is -0.143. The van der Waals surface area contributed by atoms with Crippen molar-refractivity contribution in [3.05, 3.63) is 35.9 Å². The van der Waals surface area contributed by atoms with Gasteiger partial charge in [-0.15, -0.1) is 12.4 Å². The maximum Gasteiger partial charge on any atom is 0.305 e. The summed E-state index contributed by atoms with van der Waals surface area (Å²) < 4.78 is 0. The fourth-order valence-electron chi connectivity index (χ4n) is 2.07. The predicted octanol–water partition coefficient (Wildman–Crippen LogP) is -1.86. The van der Waals surface area contributed by atoms with E-state index in [1.807, 2.05) is 0 Å². The number of carbonyl (C=O) groups excluding carboxylic acids is 1. The fraction of sp³-hybridized carbons (Fsp3) is 0.467. The van der Waals surface area contributed by atoms with E-state index in [1.54, 1.807) is 30.3 Å². The molecule has 0 spiro atoms. The lowest BCUT2D eigenvalue weighted by atomic mass is 9.99. The summed E-state index contributed by atoms with van der Waals surface area (Å²) in [4.78, 5) is 23.0. The van der Waals surface area contributed by atoms with Crippen molar-refractivity contribution < 1.29 is 35.1 Å². The van der Waals surface area contributed by atoms with Gasteiger partial charge in [0.05, 0.1) is 25.1 Å². The van der Waals surface area contributed by atoms with Gasteiger partial charge >= 0.3 is 5.97 Å². The minimum Gasteiger partial charge on any atom is -0.481 e. The van der Waals surface area contributed by atoms with E-state index in [0.717, 1.165) is 0 Å². The van der Waals surface area contributed by atoms with Gasteiger partial charge in [-0.05, 0) is 5.56 Å². The Kier molecular flexibility index (Phi) is 10.2. The molecule has 0 fully saturated rings. The van der Waals surface area contributed by atoms with Gasteiger partial charge in [0.25, 0.3) is 5.91 Å². The number of benzene rings is 1. The molecule has 0 aliphatic rings. The second-order valence-electron chi connectivity index (χ2n) is 5.34. The van der Waals surface area contributed by atoms with Crippen molar-refractivity contribution in [1.82, 2.24) is 5.32 Å². The van der Waals surface area contributed by atoms with E-state index in [1.165, 1.54) is 0 Å². The van der Waals surface area contributed by atoms with Gasteiger partial charge in [-0.3, -0.25) is 9.59 Å². The van der Waals surface area contributed by atoms with Crippen LogP contribution in [-0.4, -0.2) is 68.4 Å². The first-order chi connectivity index (χ1) is 11.3. The van der Waals surface area contributed by atoms with Crippen LogP contribution in [0, 0.1) is 0 Å². The highest BCUT2D eigenvalue weighted by Crippen LogP contribution is 2.17. The minimum absolute atomic E-state index is 0. The van der Waals surface area contributed by atoms with E-state index < -0.39 is 55.3 Å². The molecule has 25 heavy (non-hydrogen) atoms. The summed E-state index contributed by atoms with van der Waals surface area (Å²) in [6.45, 7) is -0.655. The topological polar surface area (TPSA) is 173 Å². The molecule has 0 heterocycles. The van der Waals surface area contributed by atoms with Gasteiger partial charge in [0, 0.05) is 0 Å². The number of carboxylic acids is 1. The van der Waals surface area contributed by atoms with Gasteiger partial charge in [0.15, 0.2) is 6.10 Å². The maximum absolute atomic E-state index is 12.0. The van der Waals surface area contributed by atoms with Crippen LogP contribution in [0.4, 0.5) is 0 Å². The number of nitrogens with one attached hydrogen (secondary N) is 1. The summed E-state index contributed by atoms with van der Waals surface area (Å²) in [5.41, 5.74) is 5.84. The molecule has 0 bridgehead atoms. The van der Waals surface area contributed by atoms with Crippen molar-refractivity contribution >= 4 is 24.3 Å². The van der Waals surface area contributed by atoms with Crippen LogP contribution in [0.5, 0.6) is 0 Å². The van der Waals surface area contributed by atoms with E-state index in [-0.39, 0.29) is 12.4 Å². The van der Waals surface area contributed by atoms with Crippen molar-refractivity contribution in [2.24, 2.45) is 5.73 Å². The van der Waals surface area contributed by atoms with Crippen LogP contribution in [-0.2, 0) is 9.59 Å². The first kappa shape index (κ1) is 23.2. The lowest BCUT2D eigenvalue weighted by Gasteiger charge is -2.27. The average molecular weight is 379 g/mol. The number of hydrogen-bond donors (Lipinski definition) is 7. The SMILES string of the molecule is Cl.N[C@@H](CO)[C@@H](O)[C@@H](O)[C@H](O)C(=O)N[C@@H](CC(=O)O)c1ccccc1. The Hall–Kier alpha value is -1.75. The Morgan fingerprint density at radius 2 is 1.64 bits per heavy atom. The lowest BCUT2D eigenvalue weighted by Crippen LogP contribution is -2.54. The molecule has 10 heteroatoms. The first-order valence-corrected chi connectivity index (χ1v) is 7.25. The number of hydrogen-bond acceptors (Lipinski definition) is 7. The number of aliphatic hydroxyl groups is 4. The quantitative estimate of drug-likeness (QED) is 0.262. The third kappa shape index (κ3) is 6.94. The highest BCUT2D eigenvalue weighted by Gasteiger charge is 2.34. The van der Waals surface area contributed by atoms with E-state index in [9.17, 15) is 24.9 Å². The van der Waals surface area contributed by atoms with E-state index in [2.05, 4.69) is 5.32 Å². The maximum atomic E-state index is 12.0. The van der Waals surface area contributed by atoms with E-state index >= 15 is 0 Å². The van der Waals surface area contributed by atoms with Gasteiger partial charge in [0.2, 0.25) is 0 Å². The summed E-state index contributed by atoms with van der Waals surface area (Å²) in [6, 6.07) is 6.07. The molecule has 0 saturated carbocycles. The molecule has 5 atom stereocenters. The van der Waals surface area contributed by atoms with E-state index in [0.29, 0.717) is 5.56 Å². The monoisotopic (exact) mass is 378 g/mol. The van der Waals surface area contributed by atoms with Gasteiger partial charge in [0.1, 0.15) is 12.2 Å². The normalized spacial score (nSPS) is 16.7. The fourth-order valence-corrected chi connectivity index (χ4v) is 2.07. The molecule has 1 amide bonds. The van der Waals surface area contributed by atoms with Gasteiger partial charge in [-0.25, -0.2) is 0 Å². The molecule has 1 aromatic carbocycles. The second-order valence-corrected chi connectivity index (χ2v) is 5.34. The van der Waals surface area contributed by atoms with Crippen LogP contribution < -0.4 is 11.1 Å². The predicted molar refractivity (Wildman–Crippen MR) is 89.9 cm³/mol. The number of rotatable bonds is 9. The molecule has 0 aliphatic carbocycles. The Morgan fingerprint density at radius 1 is 1.08 bits per heavy atom. The van der Waals surface area contributed by atoms with Gasteiger partial charge in [-0.2, -0.15) is 0 Å². The molecule has 9 nitrogen and oxygen atoms in total. The number of amides is 1. The number of halogens is 1. The number of aliphatic carboxylic acids is 1. The Labute approximate surface area is 150 Å².